The van der Waals surface area contributed by atoms with Crippen LogP contribution in [0.2, 0.25) is 0 Å². The van der Waals surface area contributed by atoms with Gasteiger partial charge in [-0.2, -0.15) is 0 Å². The van der Waals surface area contributed by atoms with Gasteiger partial charge in [-0.25, -0.2) is 0 Å². The number of hydrogen-bond acceptors (Lipinski definition) is 2. The highest BCUT2D eigenvalue weighted by Crippen LogP contribution is 2.36. The summed E-state index contributed by atoms with van der Waals surface area (Å²) in [5, 5.41) is 7.85. The minimum Gasteiger partial charge on any atom is -0.384 e. The fourth-order valence-electron chi connectivity index (χ4n) is 3.25. The van der Waals surface area contributed by atoms with E-state index in [0.29, 0.717) is 5.41 Å². The molecule has 1 aromatic carbocycles. The van der Waals surface area contributed by atoms with Gasteiger partial charge in [0.1, 0.15) is 5.84 Å². The van der Waals surface area contributed by atoms with Gasteiger partial charge < -0.3 is 10.6 Å². The van der Waals surface area contributed by atoms with Crippen LogP contribution in [0.4, 0.5) is 5.69 Å². The molecule has 1 saturated heterocycles. The van der Waals surface area contributed by atoms with Gasteiger partial charge in [-0.05, 0) is 58.7 Å². The van der Waals surface area contributed by atoms with E-state index in [9.17, 15) is 0 Å². The third-order valence-corrected chi connectivity index (χ3v) is 5.22. The molecule has 3 nitrogen and oxygen atoms in total. The van der Waals surface area contributed by atoms with Crippen LogP contribution in [0.25, 0.3) is 0 Å². The minimum atomic E-state index is 0.133. The summed E-state index contributed by atoms with van der Waals surface area (Å²) >= 11 is 3.53. The van der Waals surface area contributed by atoms with E-state index in [1.165, 1.54) is 19.3 Å². The zero-order chi connectivity index (χ0) is 15.6. The van der Waals surface area contributed by atoms with Crippen molar-refractivity contribution in [1.29, 1.82) is 5.41 Å². The Morgan fingerprint density at radius 1 is 1.29 bits per heavy atom. The number of nitrogens with one attached hydrogen (secondary N) is 1. The van der Waals surface area contributed by atoms with E-state index >= 15 is 0 Å². The van der Waals surface area contributed by atoms with Gasteiger partial charge in [0, 0.05) is 23.2 Å². The molecular weight excluding hydrogens is 326 g/mol. The first-order chi connectivity index (χ1) is 9.80. The molecule has 1 aliphatic heterocycles. The topological polar surface area (TPSA) is 53.1 Å². The molecular formula is C17H26BrN3. The molecule has 3 N–H and O–H groups in total. The third-order valence-electron chi connectivity index (χ3n) is 4.55. The summed E-state index contributed by atoms with van der Waals surface area (Å²) < 4.78 is 0.907. The van der Waals surface area contributed by atoms with Crippen LogP contribution in [0.5, 0.6) is 0 Å². The van der Waals surface area contributed by atoms with Gasteiger partial charge in [0.05, 0.1) is 5.56 Å². The van der Waals surface area contributed by atoms with E-state index in [1.54, 1.807) is 0 Å². The van der Waals surface area contributed by atoms with E-state index in [1.807, 2.05) is 12.1 Å². The Bertz CT molecular complexity index is 519. The first-order valence-corrected chi connectivity index (χ1v) is 8.48. The van der Waals surface area contributed by atoms with Crippen LogP contribution in [0, 0.1) is 16.7 Å². The lowest BCUT2D eigenvalue weighted by Gasteiger charge is -2.30. The molecule has 116 valence electrons. The number of nitrogens with zero attached hydrogens (tertiary/aromatic N) is 1. The molecule has 1 unspecified atom stereocenters. The molecule has 0 spiro atoms. The SMILES string of the molecule is CC(C)(C)C1CCCN(c2cccc(Br)c2C(=N)N)CC1. The molecule has 1 aliphatic rings. The number of nitrogen functional groups attached to an aromatic ring is 1. The molecule has 2 rings (SSSR count). The van der Waals surface area contributed by atoms with Crippen molar-refractivity contribution >= 4 is 27.5 Å². The first-order valence-electron chi connectivity index (χ1n) is 7.68. The Morgan fingerprint density at radius 3 is 2.62 bits per heavy atom. The molecule has 0 saturated carbocycles. The summed E-state index contributed by atoms with van der Waals surface area (Å²) in [4.78, 5) is 2.40. The summed E-state index contributed by atoms with van der Waals surface area (Å²) in [6, 6.07) is 6.06. The summed E-state index contributed by atoms with van der Waals surface area (Å²) in [6.07, 6.45) is 3.68. The van der Waals surface area contributed by atoms with Crippen LogP contribution >= 0.6 is 15.9 Å². The summed E-state index contributed by atoms with van der Waals surface area (Å²) in [6.45, 7) is 9.11. The van der Waals surface area contributed by atoms with E-state index in [2.05, 4.69) is 47.7 Å². The second kappa shape index (κ2) is 6.39. The molecule has 1 aromatic rings. The molecule has 21 heavy (non-hydrogen) atoms. The van der Waals surface area contributed by atoms with Crippen molar-refractivity contribution in [3.8, 4) is 0 Å². The van der Waals surface area contributed by atoms with Crippen LogP contribution in [-0.4, -0.2) is 18.9 Å². The molecule has 0 bridgehead atoms. The van der Waals surface area contributed by atoms with Crippen molar-refractivity contribution in [3.05, 3.63) is 28.2 Å². The molecule has 0 aromatic heterocycles. The van der Waals surface area contributed by atoms with Gasteiger partial charge in [0.25, 0.3) is 0 Å². The van der Waals surface area contributed by atoms with Gasteiger partial charge in [-0.1, -0.05) is 26.8 Å². The lowest BCUT2D eigenvalue weighted by atomic mass is 9.77. The standard InChI is InChI=1S/C17H26BrN3/c1-17(2,3)12-6-5-10-21(11-9-12)14-8-4-7-13(18)15(14)16(19)20/h4,7-8,12H,5-6,9-11H2,1-3H3,(H3,19,20). The number of amidine groups is 1. The Labute approximate surface area is 136 Å². The largest absolute Gasteiger partial charge is 0.384 e. The van der Waals surface area contributed by atoms with Gasteiger partial charge in [-0.15, -0.1) is 0 Å². The molecule has 1 fully saturated rings. The third kappa shape index (κ3) is 3.79. The maximum atomic E-state index is 7.85. The zero-order valence-corrected chi connectivity index (χ0v) is 14.8. The number of nitrogens with two attached hydrogens (primary N) is 1. The fourth-order valence-corrected chi connectivity index (χ4v) is 3.82. The maximum absolute atomic E-state index is 7.85. The Balaban J connectivity index is 2.24. The number of hydrogen-bond donors (Lipinski definition) is 2. The van der Waals surface area contributed by atoms with Crippen molar-refractivity contribution in [2.45, 2.75) is 40.0 Å². The van der Waals surface area contributed by atoms with Crippen LogP contribution in [-0.2, 0) is 0 Å². The van der Waals surface area contributed by atoms with Crippen molar-refractivity contribution < 1.29 is 0 Å². The summed E-state index contributed by atoms with van der Waals surface area (Å²) in [5.41, 5.74) is 8.07. The second-order valence-corrected chi connectivity index (χ2v) is 7.88. The predicted octanol–water partition coefficient (Wildman–Crippen LogP) is 4.39. The Hall–Kier alpha value is -1.03. The van der Waals surface area contributed by atoms with Gasteiger partial charge >= 0.3 is 0 Å². The van der Waals surface area contributed by atoms with Gasteiger partial charge in [-0.3, -0.25) is 5.41 Å². The Kier molecular flexibility index (Phi) is 4.97. The van der Waals surface area contributed by atoms with Gasteiger partial charge in [0.15, 0.2) is 0 Å². The maximum Gasteiger partial charge on any atom is 0.126 e. The van der Waals surface area contributed by atoms with Crippen molar-refractivity contribution in [2.24, 2.45) is 17.1 Å². The molecule has 0 amide bonds. The average Bonchev–Trinajstić information content (AvgIpc) is 2.63. The monoisotopic (exact) mass is 351 g/mol. The highest BCUT2D eigenvalue weighted by Gasteiger charge is 2.28. The predicted molar refractivity (Wildman–Crippen MR) is 94.2 cm³/mol. The first kappa shape index (κ1) is 16.3. The van der Waals surface area contributed by atoms with E-state index in [0.717, 1.165) is 34.7 Å². The Morgan fingerprint density at radius 2 is 2.00 bits per heavy atom. The molecule has 0 radical (unpaired) electrons. The van der Waals surface area contributed by atoms with Crippen LogP contribution < -0.4 is 10.6 Å². The number of rotatable bonds is 2. The van der Waals surface area contributed by atoms with Crippen LogP contribution in [0.15, 0.2) is 22.7 Å². The minimum absolute atomic E-state index is 0.133. The molecule has 1 heterocycles. The van der Waals surface area contributed by atoms with Crippen molar-refractivity contribution in [2.75, 3.05) is 18.0 Å². The van der Waals surface area contributed by atoms with E-state index in [-0.39, 0.29) is 5.84 Å². The van der Waals surface area contributed by atoms with Crippen LogP contribution in [0.1, 0.15) is 45.6 Å². The van der Waals surface area contributed by atoms with Gasteiger partial charge in [0.2, 0.25) is 0 Å². The second-order valence-electron chi connectivity index (χ2n) is 7.03. The van der Waals surface area contributed by atoms with Crippen molar-refractivity contribution in [3.63, 3.8) is 0 Å². The lowest BCUT2D eigenvalue weighted by molar-refractivity contribution is 0.220. The van der Waals surface area contributed by atoms with Crippen molar-refractivity contribution in [1.82, 2.24) is 0 Å². The summed E-state index contributed by atoms with van der Waals surface area (Å²) in [5.74, 6) is 0.893. The fraction of sp³-hybridized carbons (Fsp3) is 0.588. The highest BCUT2D eigenvalue weighted by atomic mass is 79.9. The zero-order valence-electron chi connectivity index (χ0n) is 13.2. The smallest absolute Gasteiger partial charge is 0.126 e. The van der Waals surface area contributed by atoms with E-state index < -0.39 is 0 Å². The van der Waals surface area contributed by atoms with Crippen LogP contribution in [0.3, 0.4) is 0 Å². The molecule has 1 atom stereocenters. The molecule has 4 heteroatoms. The van der Waals surface area contributed by atoms with E-state index in [4.69, 9.17) is 11.1 Å². The number of halogens is 1. The quantitative estimate of drug-likeness (QED) is 0.613. The average molecular weight is 352 g/mol. The number of anilines is 1. The normalized spacial score (nSPS) is 20.2. The highest BCUT2D eigenvalue weighted by molar-refractivity contribution is 9.10. The number of benzene rings is 1. The molecule has 0 aliphatic carbocycles. The summed E-state index contributed by atoms with van der Waals surface area (Å²) in [7, 11) is 0. The lowest BCUT2D eigenvalue weighted by Crippen LogP contribution is -2.28.